The van der Waals surface area contributed by atoms with Crippen molar-refractivity contribution in [2.75, 3.05) is 18.0 Å². The summed E-state index contributed by atoms with van der Waals surface area (Å²) in [5, 5.41) is 11.9. The lowest BCUT2D eigenvalue weighted by Crippen LogP contribution is -2.33. The van der Waals surface area contributed by atoms with E-state index < -0.39 is 10.7 Å². The van der Waals surface area contributed by atoms with Gasteiger partial charge in [0, 0.05) is 25.1 Å². The monoisotopic (exact) mass is 357 g/mol. The highest BCUT2D eigenvalue weighted by molar-refractivity contribution is 7.18. The molecule has 0 spiro atoms. The molecule has 1 fully saturated rings. The zero-order valence-electron chi connectivity index (χ0n) is 13.4. The Morgan fingerprint density at radius 2 is 1.96 bits per heavy atom. The number of hydrogen-bond donors (Lipinski definition) is 0. The normalized spacial score (nSPS) is 15.6. The van der Waals surface area contributed by atoms with Gasteiger partial charge in [0.2, 0.25) is 0 Å². The van der Waals surface area contributed by atoms with Crippen LogP contribution in [0, 0.1) is 15.9 Å². The highest BCUT2D eigenvalue weighted by Gasteiger charge is 2.25. The Hall–Kier alpha value is -2.54. The molecule has 0 aliphatic carbocycles. The smallest absolute Gasteiger partial charge is 0.272 e. The molecule has 3 aromatic rings. The first-order valence-electron chi connectivity index (χ1n) is 8.16. The fourth-order valence-electron chi connectivity index (χ4n) is 3.30. The number of anilines is 1. The molecule has 1 aliphatic heterocycles. The molecule has 1 aliphatic rings. The minimum Gasteiger partial charge on any atom is -0.369 e. The van der Waals surface area contributed by atoms with Crippen molar-refractivity contribution in [3.63, 3.8) is 0 Å². The lowest BCUT2D eigenvalue weighted by atomic mass is 9.97. The molecular weight excluding hydrogens is 341 g/mol. The standard InChI is InChI=1S/C18H16FN3O2S/c19-14-11-13(22(23)24)5-6-16(14)21-9-7-12(8-10-21)18-20-15-3-1-2-4-17(15)25-18/h1-6,11-12H,7-10H2. The first kappa shape index (κ1) is 16.0. The number of hydrogen-bond acceptors (Lipinski definition) is 5. The summed E-state index contributed by atoms with van der Waals surface area (Å²) in [5.41, 5.74) is 1.25. The topological polar surface area (TPSA) is 59.3 Å². The Bertz CT molecular complexity index is 902. The highest BCUT2D eigenvalue weighted by Crippen LogP contribution is 2.35. The number of fused-ring (bicyclic) bond motifs is 1. The molecule has 0 bridgehead atoms. The Morgan fingerprint density at radius 1 is 1.20 bits per heavy atom. The summed E-state index contributed by atoms with van der Waals surface area (Å²) in [5.74, 6) is -0.151. The maximum atomic E-state index is 14.2. The summed E-state index contributed by atoms with van der Waals surface area (Å²) in [4.78, 5) is 16.9. The number of aromatic nitrogens is 1. The number of benzene rings is 2. The Balaban J connectivity index is 1.48. The van der Waals surface area contributed by atoms with Gasteiger partial charge >= 0.3 is 0 Å². The minimum atomic E-state index is -0.577. The Labute approximate surface area is 147 Å². The third kappa shape index (κ3) is 3.07. The van der Waals surface area contributed by atoms with Gasteiger partial charge in [-0.15, -0.1) is 11.3 Å². The van der Waals surface area contributed by atoms with Crippen LogP contribution in [0.25, 0.3) is 10.2 Å². The van der Waals surface area contributed by atoms with Crippen LogP contribution in [0.5, 0.6) is 0 Å². The van der Waals surface area contributed by atoms with Gasteiger partial charge < -0.3 is 4.90 Å². The van der Waals surface area contributed by atoms with E-state index in [0.29, 0.717) is 11.6 Å². The number of non-ortho nitro benzene ring substituents is 1. The van der Waals surface area contributed by atoms with Crippen LogP contribution in [-0.4, -0.2) is 23.0 Å². The van der Waals surface area contributed by atoms with E-state index in [9.17, 15) is 14.5 Å². The number of rotatable bonds is 3. The van der Waals surface area contributed by atoms with Gasteiger partial charge in [-0.25, -0.2) is 9.37 Å². The number of nitrogens with zero attached hydrogens (tertiary/aromatic N) is 3. The molecule has 0 saturated carbocycles. The van der Waals surface area contributed by atoms with Gasteiger partial charge in [0.05, 0.1) is 31.9 Å². The van der Waals surface area contributed by atoms with E-state index in [0.717, 1.165) is 42.5 Å². The predicted octanol–water partition coefficient (Wildman–Crippen LogP) is 4.73. The third-order valence-electron chi connectivity index (χ3n) is 4.64. The summed E-state index contributed by atoms with van der Waals surface area (Å²) < 4.78 is 15.4. The summed E-state index contributed by atoms with van der Waals surface area (Å²) in [7, 11) is 0. The first-order valence-corrected chi connectivity index (χ1v) is 8.98. The van der Waals surface area contributed by atoms with Gasteiger partial charge in [0.1, 0.15) is 0 Å². The van der Waals surface area contributed by atoms with Crippen molar-refractivity contribution in [3.05, 3.63) is 63.4 Å². The van der Waals surface area contributed by atoms with Crippen LogP contribution in [-0.2, 0) is 0 Å². The average molecular weight is 357 g/mol. The van der Waals surface area contributed by atoms with E-state index in [1.807, 2.05) is 23.1 Å². The number of nitro benzene ring substituents is 1. The summed E-state index contributed by atoms with van der Waals surface area (Å²) in [6.45, 7) is 1.44. The van der Waals surface area contributed by atoms with Gasteiger partial charge in [0.15, 0.2) is 5.82 Å². The maximum absolute atomic E-state index is 14.2. The largest absolute Gasteiger partial charge is 0.369 e. The molecule has 0 amide bonds. The predicted molar refractivity (Wildman–Crippen MR) is 96.9 cm³/mol. The molecule has 0 radical (unpaired) electrons. The molecule has 2 heterocycles. The molecule has 25 heavy (non-hydrogen) atoms. The van der Waals surface area contributed by atoms with E-state index in [2.05, 4.69) is 6.07 Å². The molecule has 4 rings (SSSR count). The second-order valence-electron chi connectivity index (χ2n) is 6.17. The van der Waals surface area contributed by atoms with Crippen LogP contribution in [0.1, 0.15) is 23.8 Å². The molecule has 7 heteroatoms. The number of thiazole rings is 1. The van der Waals surface area contributed by atoms with Crippen LogP contribution in [0.4, 0.5) is 15.8 Å². The molecule has 0 atom stereocenters. The molecule has 0 N–H and O–H groups in total. The SMILES string of the molecule is O=[N+]([O-])c1ccc(N2CCC(c3nc4ccccc4s3)CC2)c(F)c1. The molecule has 2 aromatic carbocycles. The third-order valence-corrected chi connectivity index (χ3v) is 5.84. The zero-order chi connectivity index (χ0) is 17.4. The lowest BCUT2D eigenvalue weighted by molar-refractivity contribution is -0.385. The van der Waals surface area contributed by atoms with Crippen LogP contribution in [0.3, 0.4) is 0 Å². The second-order valence-corrected chi connectivity index (χ2v) is 7.24. The number of piperidine rings is 1. The van der Waals surface area contributed by atoms with E-state index in [4.69, 9.17) is 4.98 Å². The van der Waals surface area contributed by atoms with Crippen LogP contribution >= 0.6 is 11.3 Å². The fourth-order valence-corrected chi connectivity index (χ4v) is 4.43. The minimum absolute atomic E-state index is 0.217. The Kier molecular flexibility index (Phi) is 4.09. The second kappa shape index (κ2) is 6.40. The number of para-hydroxylation sites is 1. The summed E-state index contributed by atoms with van der Waals surface area (Å²) in [6, 6.07) is 12.0. The van der Waals surface area contributed by atoms with Crippen LogP contribution in [0.2, 0.25) is 0 Å². The lowest BCUT2D eigenvalue weighted by Gasteiger charge is -2.32. The quantitative estimate of drug-likeness (QED) is 0.502. The van der Waals surface area contributed by atoms with Gasteiger partial charge in [-0.3, -0.25) is 10.1 Å². The van der Waals surface area contributed by atoms with E-state index in [-0.39, 0.29) is 5.69 Å². The zero-order valence-corrected chi connectivity index (χ0v) is 14.2. The molecule has 128 valence electrons. The maximum Gasteiger partial charge on any atom is 0.272 e. The van der Waals surface area contributed by atoms with Gasteiger partial charge in [-0.1, -0.05) is 12.1 Å². The molecule has 1 aromatic heterocycles. The van der Waals surface area contributed by atoms with E-state index in [1.165, 1.54) is 16.8 Å². The van der Waals surface area contributed by atoms with Gasteiger partial charge in [-0.05, 0) is 31.0 Å². The van der Waals surface area contributed by atoms with Crippen LogP contribution < -0.4 is 4.90 Å². The number of halogens is 1. The molecule has 1 saturated heterocycles. The molecule has 0 unspecified atom stereocenters. The van der Waals surface area contributed by atoms with Crippen LogP contribution in [0.15, 0.2) is 42.5 Å². The van der Waals surface area contributed by atoms with Crippen molar-refractivity contribution in [2.45, 2.75) is 18.8 Å². The van der Waals surface area contributed by atoms with Gasteiger partial charge in [0.25, 0.3) is 5.69 Å². The van der Waals surface area contributed by atoms with Crippen molar-refractivity contribution >= 4 is 32.9 Å². The van der Waals surface area contributed by atoms with Crippen molar-refractivity contribution in [1.82, 2.24) is 4.98 Å². The first-order chi connectivity index (χ1) is 12.1. The fraction of sp³-hybridized carbons (Fsp3) is 0.278. The molecular formula is C18H16FN3O2S. The highest BCUT2D eigenvalue weighted by atomic mass is 32.1. The summed E-state index contributed by atoms with van der Waals surface area (Å²) >= 11 is 1.73. The summed E-state index contributed by atoms with van der Waals surface area (Å²) in [6.07, 6.45) is 1.80. The average Bonchev–Trinajstić information content (AvgIpc) is 3.06. The van der Waals surface area contributed by atoms with E-state index >= 15 is 0 Å². The van der Waals surface area contributed by atoms with Crippen molar-refractivity contribution < 1.29 is 9.31 Å². The van der Waals surface area contributed by atoms with Crippen molar-refractivity contribution in [3.8, 4) is 0 Å². The molecule has 5 nitrogen and oxygen atoms in total. The Morgan fingerprint density at radius 3 is 2.64 bits per heavy atom. The number of nitro groups is 1. The van der Waals surface area contributed by atoms with Crippen molar-refractivity contribution in [1.29, 1.82) is 0 Å². The van der Waals surface area contributed by atoms with E-state index in [1.54, 1.807) is 11.3 Å². The van der Waals surface area contributed by atoms with Crippen molar-refractivity contribution in [2.24, 2.45) is 0 Å². The van der Waals surface area contributed by atoms with Gasteiger partial charge in [-0.2, -0.15) is 0 Å².